The zero-order chi connectivity index (χ0) is 17.2. The molecule has 0 spiro atoms. The van der Waals surface area contributed by atoms with E-state index in [0.717, 1.165) is 17.9 Å². The second-order valence-corrected chi connectivity index (χ2v) is 7.24. The van der Waals surface area contributed by atoms with Crippen LogP contribution in [0.2, 0.25) is 0 Å². The van der Waals surface area contributed by atoms with E-state index in [2.05, 4.69) is 23.0 Å². The predicted octanol–water partition coefficient (Wildman–Crippen LogP) is 3.88. The number of fused-ring (bicyclic) bond motifs is 1. The van der Waals surface area contributed by atoms with Gasteiger partial charge in [0.25, 0.3) is 0 Å². The molecule has 1 aliphatic carbocycles. The lowest BCUT2D eigenvalue weighted by Crippen LogP contribution is -2.22. The first-order valence-corrected chi connectivity index (χ1v) is 9.16. The molecule has 128 valence electrons. The summed E-state index contributed by atoms with van der Waals surface area (Å²) in [4.78, 5) is 26.0. The number of pyridine rings is 2. The summed E-state index contributed by atoms with van der Waals surface area (Å²) in [5.41, 5.74) is 5.52. The van der Waals surface area contributed by atoms with Crippen LogP contribution in [0.4, 0.5) is 0 Å². The minimum Gasteiger partial charge on any atom is -0.299 e. The number of carbonyl (C=O) groups excluding carboxylic acids is 1. The summed E-state index contributed by atoms with van der Waals surface area (Å²) in [7, 11) is 0. The van der Waals surface area contributed by atoms with E-state index in [1.165, 1.54) is 36.1 Å². The van der Waals surface area contributed by atoms with Gasteiger partial charge in [-0.15, -0.1) is 0 Å². The highest BCUT2D eigenvalue weighted by Crippen LogP contribution is 2.34. The molecule has 0 unspecified atom stereocenters. The molecule has 0 N–H and O–H groups in total. The Morgan fingerprint density at radius 1 is 1.28 bits per heavy atom. The predicted molar refractivity (Wildman–Crippen MR) is 97.8 cm³/mol. The van der Waals surface area contributed by atoms with E-state index in [1.807, 2.05) is 24.4 Å². The second kappa shape index (κ2) is 6.87. The van der Waals surface area contributed by atoms with Gasteiger partial charge in [-0.2, -0.15) is 0 Å². The van der Waals surface area contributed by atoms with Crippen molar-refractivity contribution in [2.75, 3.05) is 0 Å². The Labute approximate surface area is 148 Å². The van der Waals surface area contributed by atoms with Gasteiger partial charge in [-0.1, -0.05) is 19.4 Å². The molecular weight excluding hydrogens is 310 g/mol. The van der Waals surface area contributed by atoms with E-state index < -0.39 is 0 Å². The number of aromatic nitrogens is 2. The monoisotopic (exact) mass is 333 g/mol. The second-order valence-electron chi connectivity index (χ2n) is 7.24. The molecule has 25 heavy (non-hydrogen) atoms. The summed E-state index contributed by atoms with van der Waals surface area (Å²) in [6.45, 7) is 2.80. The van der Waals surface area contributed by atoms with Crippen molar-refractivity contribution in [2.24, 2.45) is 10.9 Å². The third kappa shape index (κ3) is 3.39. The van der Waals surface area contributed by atoms with Gasteiger partial charge in [0.05, 0.1) is 6.54 Å². The molecule has 3 heterocycles. The summed E-state index contributed by atoms with van der Waals surface area (Å²) in [6, 6.07) is 7.91. The van der Waals surface area contributed by atoms with Gasteiger partial charge >= 0.3 is 0 Å². The topological polar surface area (TPSA) is 55.2 Å². The molecule has 1 atom stereocenters. The van der Waals surface area contributed by atoms with E-state index in [1.54, 1.807) is 6.20 Å². The molecule has 1 aliphatic heterocycles. The fourth-order valence-corrected chi connectivity index (χ4v) is 3.68. The number of ketones is 1. The molecular formula is C21H23N3O. The molecule has 4 heteroatoms. The van der Waals surface area contributed by atoms with Gasteiger partial charge in [-0.3, -0.25) is 19.8 Å². The molecule has 0 aromatic carbocycles. The average molecular weight is 333 g/mol. The number of rotatable bonds is 6. The summed E-state index contributed by atoms with van der Waals surface area (Å²) in [5.74, 6) is 0.982. The minimum absolute atomic E-state index is 0.136. The number of carbonyl (C=O) groups is 1. The molecule has 4 rings (SSSR count). The van der Waals surface area contributed by atoms with Crippen LogP contribution in [0.1, 0.15) is 61.0 Å². The van der Waals surface area contributed by atoms with Crippen LogP contribution in [0.15, 0.2) is 41.7 Å². The Balaban J connectivity index is 1.39. The molecule has 2 aliphatic rings. The first kappa shape index (κ1) is 16.1. The van der Waals surface area contributed by atoms with Gasteiger partial charge in [0.1, 0.15) is 5.78 Å². The SMILES string of the molecule is C[C@@H](CC(=O)Cc1cc2c(cn1)C(C1CCC1)=NC2)c1ccccn1. The summed E-state index contributed by atoms with van der Waals surface area (Å²) < 4.78 is 0. The molecule has 0 radical (unpaired) electrons. The van der Waals surface area contributed by atoms with Crippen molar-refractivity contribution in [1.82, 2.24) is 9.97 Å². The van der Waals surface area contributed by atoms with Crippen LogP contribution in [-0.4, -0.2) is 21.5 Å². The summed E-state index contributed by atoms with van der Waals surface area (Å²) in [5, 5.41) is 0. The van der Waals surface area contributed by atoms with E-state index in [4.69, 9.17) is 4.99 Å². The molecule has 4 nitrogen and oxygen atoms in total. The van der Waals surface area contributed by atoms with Gasteiger partial charge in [0.15, 0.2) is 0 Å². The summed E-state index contributed by atoms with van der Waals surface area (Å²) in [6.07, 6.45) is 8.42. The largest absolute Gasteiger partial charge is 0.299 e. The third-order valence-corrected chi connectivity index (χ3v) is 5.34. The Morgan fingerprint density at radius 3 is 2.88 bits per heavy atom. The minimum atomic E-state index is 0.136. The quantitative estimate of drug-likeness (QED) is 0.806. The van der Waals surface area contributed by atoms with Gasteiger partial charge in [0, 0.05) is 59.7 Å². The lowest BCUT2D eigenvalue weighted by molar-refractivity contribution is -0.118. The highest BCUT2D eigenvalue weighted by Gasteiger charge is 2.29. The molecule has 1 saturated carbocycles. The van der Waals surface area contributed by atoms with Crippen molar-refractivity contribution in [2.45, 2.75) is 51.5 Å². The van der Waals surface area contributed by atoms with Gasteiger partial charge < -0.3 is 0 Å². The van der Waals surface area contributed by atoms with Crippen LogP contribution in [-0.2, 0) is 17.8 Å². The molecule has 0 saturated heterocycles. The first-order chi connectivity index (χ1) is 12.2. The highest BCUT2D eigenvalue weighted by molar-refractivity contribution is 6.05. The van der Waals surface area contributed by atoms with E-state index >= 15 is 0 Å². The normalized spacial score (nSPS) is 17.6. The van der Waals surface area contributed by atoms with Crippen LogP contribution in [0.5, 0.6) is 0 Å². The molecule has 0 bridgehead atoms. The number of hydrogen-bond donors (Lipinski definition) is 0. The van der Waals surface area contributed by atoms with Crippen molar-refractivity contribution in [1.29, 1.82) is 0 Å². The zero-order valence-corrected chi connectivity index (χ0v) is 14.6. The van der Waals surface area contributed by atoms with Crippen molar-refractivity contribution in [3.8, 4) is 0 Å². The van der Waals surface area contributed by atoms with Crippen molar-refractivity contribution < 1.29 is 4.79 Å². The van der Waals surface area contributed by atoms with Gasteiger partial charge in [0.2, 0.25) is 0 Å². The number of hydrogen-bond acceptors (Lipinski definition) is 4. The van der Waals surface area contributed by atoms with Crippen LogP contribution >= 0.6 is 0 Å². The Bertz CT molecular complexity index is 809. The lowest BCUT2D eigenvalue weighted by atomic mass is 9.79. The Kier molecular flexibility index (Phi) is 4.43. The van der Waals surface area contributed by atoms with Crippen LogP contribution < -0.4 is 0 Å². The fraction of sp³-hybridized carbons (Fsp3) is 0.429. The maximum absolute atomic E-state index is 12.4. The van der Waals surface area contributed by atoms with E-state index in [-0.39, 0.29) is 11.7 Å². The smallest absolute Gasteiger partial charge is 0.139 e. The highest BCUT2D eigenvalue weighted by atomic mass is 16.1. The van der Waals surface area contributed by atoms with Crippen molar-refractivity contribution >= 4 is 11.5 Å². The number of Topliss-reactive ketones (excluding diaryl/α,β-unsaturated/α-hetero) is 1. The zero-order valence-electron chi connectivity index (χ0n) is 14.6. The number of aliphatic imine (C=N–C) groups is 1. The first-order valence-electron chi connectivity index (χ1n) is 9.16. The van der Waals surface area contributed by atoms with Crippen LogP contribution in [0.25, 0.3) is 0 Å². The fourth-order valence-electron chi connectivity index (χ4n) is 3.68. The average Bonchev–Trinajstić information content (AvgIpc) is 2.97. The molecule has 2 aromatic rings. The summed E-state index contributed by atoms with van der Waals surface area (Å²) >= 11 is 0. The van der Waals surface area contributed by atoms with Crippen molar-refractivity contribution in [3.05, 3.63) is 59.2 Å². The van der Waals surface area contributed by atoms with E-state index in [0.29, 0.717) is 18.8 Å². The number of nitrogens with zero attached hydrogens (tertiary/aromatic N) is 3. The maximum Gasteiger partial charge on any atom is 0.139 e. The van der Waals surface area contributed by atoms with Crippen LogP contribution in [0.3, 0.4) is 0 Å². The van der Waals surface area contributed by atoms with Gasteiger partial charge in [-0.05, 0) is 36.6 Å². The van der Waals surface area contributed by atoms with Crippen molar-refractivity contribution in [3.63, 3.8) is 0 Å². The van der Waals surface area contributed by atoms with Crippen LogP contribution in [0, 0.1) is 5.92 Å². The van der Waals surface area contributed by atoms with E-state index in [9.17, 15) is 4.79 Å². The Hall–Kier alpha value is -2.36. The standard InChI is InChI=1S/C21H23N3O/c1-14(20-7-2-3-8-22-20)9-18(25)11-17-10-16-12-24-21(15-5-4-6-15)19(16)13-23-17/h2-3,7-8,10,13-15H,4-6,9,11-12H2,1H3/t14-/m0/s1. The third-order valence-electron chi connectivity index (χ3n) is 5.34. The van der Waals surface area contributed by atoms with Gasteiger partial charge in [-0.25, -0.2) is 0 Å². The molecule has 1 fully saturated rings. The maximum atomic E-state index is 12.4. The lowest BCUT2D eigenvalue weighted by Gasteiger charge is -2.25. The Morgan fingerprint density at radius 2 is 2.16 bits per heavy atom. The molecule has 0 amide bonds. The molecule has 2 aromatic heterocycles.